The molecule has 0 atom stereocenters. The van der Waals surface area contributed by atoms with E-state index in [0.29, 0.717) is 18.2 Å². The van der Waals surface area contributed by atoms with Crippen molar-refractivity contribution >= 4 is 17.5 Å². The molecule has 1 heterocycles. The second-order valence-corrected chi connectivity index (χ2v) is 6.31. The Bertz CT molecular complexity index is 759. The third-order valence-electron chi connectivity index (χ3n) is 4.36. The lowest BCUT2D eigenvalue weighted by Gasteiger charge is -2.15. The van der Waals surface area contributed by atoms with Crippen LogP contribution < -0.4 is 10.6 Å². The van der Waals surface area contributed by atoms with Gasteiger partial charge in [0.05, 0.1) is 5.56 Å². The molecule has 1 aliphatic carbocycles. The summed E-state index contributed by atoms with van der Waals surface area (Å²) in [5, 5.41) is 5.29. The maximum absolute atomic E-state index is 13.4. The molecule has 26 heavy (non-hydrogen) atoms. The molecule has 0 radical (unpaired) electrons. The Morgan fingerprint density at radius 2 is 1.85 bits per heavy atom. The lowest BCUT2D eigenvalue weighted by atomic mass is 10.1. The largest absolute Gasteiger partial charge is 0.434 e. The van der Waals surface area contributed by atoms with Gasteiger partial charge in [-0.2, -0.15) is 13.2 Å². The molecule has 1 amide bonds. The summed E-state index contributed by atoms with van der Waals surface area (Å²) in [7, 11) is 0. The lowest BCUT2D eigenvalue weighted by Crippen LogP contribution is -2.31. The van der Waals surface area contributed by atoms with Crippen molar-refractivity contribution in [1.82, 2.24) is 15.3 Å². The van der Waals surface area contributed by atoms with Crippen molar-refractivity contribution in [2.75, 3.05) is 11.9 Å². The Morgan fingerprint density at radius 3 is 2.50 bits per heavy atom. The van der Waals surface area contributed by atoms with Crippen molar-refractivity contribution in [1.29, 1.82) is 0 Å². The third-order valence-corrected chi connectivity index (χ3v) is 4.36. The molecular formula is C18H19F3N4O. The van der Waals surface area contributed by atoms with Gasteiger partial charge in [-0.3, -0.25) is 4.79 Å². The first-order valence-corrected chi connectivity index (χ1v) is 8.48. The summed E-state index contributed by atoms with van der Waals surface area (Å²) in [5.74, 6) is -0.681. The van der Waals surface area contributed by atoms with Crippen molar-refractivity contribution in [2.45, 2.75) is 31.9 Å². The van der Waals surface area contributed by atoms with Crippen LogP contribution in [0.3, 0.4) is 0 Å². The van der Waals surface area contributed by atoms with E-state index in [2.05, 4.69) is 20.6 Å². The number of aromatic nitrogens is 2. The minimum atomic E-state index is -4.75. The van der Waals surface area contributed by atoms with E-state index in [4.69, 9.17) is 0 Å². The molecule has 0 unspecified atom stereocenters. The van der Waals surface area contributed by atoms with E-state index < -0.39 is 23.3 Å². The van der Waals surface area contributed by atoms with Crippen LogP contribution in [-0.2, 0) is 6.18 Å². The highest BCUT2D eigenvalue weighted by atomic mass is 19.4. The van der Waals surface area contributed by atoms with Crippen LogP contribution in [0.5, 0.6) is 0 Å². The summed E-state index contributed by atoms with van der Waals surface area (Å²) in [6, 6.07) is 8.61. The highest BCUT2D eigenvalue weighted by Crippen LogP contribution is 2.31. The van der Waals surface area contributed by atoms with E-state index in [1.54, 1.807) is 30.3 Å². The summed E-state index contributed by atoms with van der Waals surface area (Å²) < 4.78 is 40.1. The number of amides is 1. The highest BCUT2D eigenvalue weighted by molar-refractivity contribution is 5.95. The molecule has 2 aromatic rings. The van der Waals surface area contributed by atoms with Crippen molar-refractivity contribution in [2.24, 2.45) is 5.92 Å². The highest BCUT2D eigenvalue weighted by Gasteiger charge is 2.38. The minimum absolute atomic E-state index is 0.212. The number of para-hydroxylation sites is 1. The molecule has 1 aromatic carbocycles. The van der Waals surface area contributed by atoms with Gasteiger partial charge in [0.25, 0.3) is 5.91 Å². The van der Waals surface area contributed by atoms with Crippen LogP contribution in [-0.4, -0.2) is 22.4 Å². The summed E-state index contributed by atoms with van der Waals surface area (Å²) in [4.78, 5) is 19.6. The average Bonchev–Trinajstić information content (AvgIpc) is 3.13. The SMILES string of the molecule is O=C(NCC1CCCC1)c1cnc(Nc2ccccc2)nc1C(F)(F)F. The molecule has 138 valence electrons. The van der Waals surface area contributed by atoms with Gasteiger partial charge in [-0.25, -0.2) is 9.97 Å². The summed E-state index contributed by atoms with van der Waals surface area (Å²) in [6.45, 7) is 0.375. The number of hydrogen-bond donors (Lipinski definition) is 2. The molecule has 0 spiro atoms. The molecule has 1 aliphatic rings. The van der Waals surface area contributed by atoms with E-state index >= 15 is 0 Å². The lowest BCUT2D eigenvalue weighted by molar-refractivity contribution is -0.141. The number of carbonyl (C=O) groups excluding carboxylic acids is 1. The molecule has 0 aliphatic heterocycles. The molecule has 1 fully saturated rings. The van der Waals surface area contributed by atoms with Gasteiger partial charge in [0, 0.05) is 18.4 Å². The van der Waals surface area contributed by atoms with Crippen LogP contribution in [0, 0.1) is 5.92 Å². The van der Waals surface area contributed by atoms with Gasteiger partial charge >= 0.3 is 6.18 Å². The summed E-state index contributed by atoms with van der Waals surface area (Å²) in [5.41, 5.74) is -1.25. The maximum Gasteiger partial charge on any atom is 0.434 e. The second kappa shape index (κ2) is 7.72. The second-order valence-electron chi connectivity index (χ2n) is 6.31. The minimum Gasteiger partial charge on any atom is -0.352 e. The van der Waals surface area contributed by atoms with E-state index in [1.165, 1.54) is 0 Å². The fourth-order valence-corrected chi connectivity index (χ4v) is 3.02. The number of carbonyl (C=O) groups is 1. The Labute approximate surface area is 149 Å². The number of halogens is 3. The van der Waals surface area contributed by atoms with Crippen molar-refractivity contribution < 1.29 is 18.0 Å². The Morgan fingerprint density at radius 1 is 1.15 bits per heavy atom. The zero-order valence-electron chi connectivity index (χ0n) is 14.0. The van der Waals surface area contributed by atoms with E-state index in [9.17, 15) is 18.0 Å². The number of benzene rings is 1. The van der Waals surface area contributed by atoms with Crippen molar-refractivity contribution in [3.8, 4) is 0 Å². The zero-order valence-corrected chi connectivity index (χ0v) is 14.0. The van der Waals surface area contributed by atoms with Crippen LogP contribution in [0.4, 0.5) is 24.8 Å². The van der Waals surface area contributed by atoms with Crippen LogP contribution in [0.1, 0.15) is 41.7 Å². The van der Waals surface area contributed by atoms with Gasteiger partial charge in [-0.05, 0) is 30.9 Å². The number of anilines is 2. The van der Waals surface area contributed by atoms with E-state index in [1.807, 2.05) is 0 Å². The maximum atomic E-state index is 13.4. The van der Waals surface area contributed by atoms with Gasteiger partial charge in [0.1, 0.15) is 0 Å². The van der Waals surface area contributed by atoms with Gasteiger partial charge in [-0.1, -0.05) is 31.0 Å². The van der Waals surface area contributed by atoms with Crippen LogP contribution in [0.2, 0.25) is 0 Å². The van der Waals surface area contributed by atoms with Gasteiger partial charge in [0.2, 0.25) is 5.95 Å². The summed E-state index contributed by atoms with van der Waals surface area (Å²) in [6.07, 6.45) is 0.335. The normalized spacial score (nSPS) is 15.0. The molecule has 1 saturated carbocycles. The predicted molar refractivity (Wildman–Crippen MR) is 91.0 cm³/mol. The van der Waals surface area contributed by atoms with Crippen LogP contribution in [0.25, 0.3) is 0 Å². The molecule has 1 aromatic heterocycles. The number of rotatable bonds is 5. The predicted octanol–water partition coefficient (Wildman–Crippen LogP) is 4.16. The Kier molecular flexibility index (Phi) is 5.39. The first-order chi connectivity index (χ1) is 12.4. The first kappa shape index (κ1) is 18.2. The first-order valence-electron chi connectivity index (χ1n) is 8.48. The van der Waals surface area contributed by atoms with Crippen LogP contribution in [0.15, 0.2) is 36.5 Å². The Balaban J connectivity index is 1.79. The number of alkyl halides is 3. The fourth-order valence-electron chi connectivity index (χ4n) is 3.02. The summed E-state index contributed by atoms with van der Waals surface area (Å²) >= 11 is 0. The van der Waals surface area contributed by atoms with E-state index in [-0.39, 0.29) is 5.95 Å². The third kappa shape index (κ3) is 4.50. The number of nitrogens with one attached hydrogen (secondary N) is 2. The molecular weight excluding hydrogens is 345 g/mol. The molecule has 3 rings (SSSR count). The van der Waals surface area contributed by atoms with E-state index in [0.717, 1.165) is 31.9 Å². The van der Waals surface area contributed by atoms with Gasteiger partial charge < -0.3 is 10.6 Å². The van der Waals surface area contributed by atoms with Gasteiger partial charge in [0.15, 0.2) is 5.69 Å². The molecule has 5 nitrogen and oxygen atoms in total. The molecule has 8 heteroatoms. The Hall–Kier alpha value is -2.64. The topological polar surface area (TPSA) is 66.9 Å². The van der Waals surface area contributed by atoms with Crippen molar-refractivity contribution in [3.05, 3.63) is 47.8 Å². The molecule has 0 saturated heterocycles. The average molecular weight is 364 g/mol. The fraction of sp³-hybridized carbons (Fsp3) is 0.389. The standard InChI is InChI=1S/C18H19F3N4O/c19-18(20,21)15-14(16(26)22-10-12-6-4-5-7-12)11-23-17(25-15)24-13-8-2-1-3-9-13/h1-3,8-9,11-12H,4-7,10H2,(H,22,26)(H,23,24,25). The number of hydrogen-bond acceptors (Lipinski definition) is 4. The molecule has 0 bridgehead atoms. The smallest absolute Gasteiger partial charge is 0.352 e. The monoisotopic (exact) mass is 364 g/mol. The van der Waals surface area contributed by atoms with Crippen LogP contribution >= 0.6 is 0 Å². The van der Waals surface area contributed by atoms with Gasteiger partial charge in [-0.15, -0.1) is 0 Å². The van der Waals surface area contributed by atoms with Crippen molar-refractivity contribution in [3.63, 3.8) is 0 Å². The number of nitrogens with zero attached hydrogens (tertiary/aromatic N) is 2. The quantitative estimate of drug-likeness (QED) is 0.836. The zero-order chi connectivity index (χ0) is 18.6. The molecule has 2 N–H and O–H groups in total.